The Morgan fingerprint density at radius 1 is 1.35 bits per heavy atom. The number of hydrogen-bond donors (Lipinski definition) is 0. The van der Waals surface area contributed by atoms with Gasteiger partial charge in [0, 0.05) is 12.3 Å². The molecule has 23 heavy (non-hydrogen) atoms. The first-order chi connectivity index (χ1) is 11.2. The molecule has 1 aliphatic carbocycles. The normalized spacial score (nSPS) is 20.9. The minimum absolute atomic E-state index is 0.387. The molecule has 0 N–H and O–H groups in total. The van der Waals surface area contributed by atoms with Gasteiger partial charge in [-0.1, -0.05) is 62.3 Å². The van der Waals surface area contributed by atoms with E-state index in [9.17, 15) is 0 Å². The number of ether oxygens (including phenoxy) is 1. The molecule has 0 saturated carbocycles. The fraction of sp³-hybridized carbons (Fsp3) is 0.429. The third-order valence-electron chi connectivity index (χ3n) is 4.00. The van der Waals surface area contributed by atoms with Gasteiger partial charge in [0.05, 0.1) is 0 Å². The molecule has 1 heterocycles. The monoisotopic (exact) mass is 328 g/mol. The first kappa shape index (κ1) is 17.9. The number of rotatable bonds is 8. The second-order valence-corrected chi connectivity index (χ2v) is 7.16. The highest BCUT2D eigenvalue weighted by molar-refractivity contribution is 8.05. The second kappa shape index (κ2) is 9.67. The zero-order chi connectivity index (χ0) is 16.5. The summed E-state index contributed by atoms with van der Waals surface area (Å²) in [6, 6.07) is 0. The summed E-state index contributed by atoms with van der Waals surface area (Å²) in [6.07, 6.45) is 19.1. The Hall–Kier alpha value is -1.41. The summed E-state index contributed by atoms with van der Waals surface area (Å²) in [5, 5.41) is 2.25. The predicted octanol–water partition coefficient (Wildman–Crippen LogP) is 6.69. The van der Waals surface area contributed by atoms with Crippen LogP contribution < -0.4 is 0 Å². The maximum Gasteiger partial charge on any atom is 0.106 e. The molecule has 1 atom stereocenters. The van der Waals surface area contributed by atoms with E-state index in [4.69, 9.17) is 4.74 Å². The molecule has 0 fully saturated rings. The third-order valence-corrected chi connectivity index (χ3v) is 4.93. The van der Waals surface area contributed by atoms with Gasteiger partial charge < -0.3 is 4.74 Å². The van der Waals surface area contributed by atoms with Crippen molar-refractivity contribution in [3.8, 4) is 0 Å². The van der Waals surface area contributed by atoms with Crippen molar-refractivity contribution in [3.63, 3.8) is 0 Å². The fourth-order valence-electron chi connectivity index (χ4n) is 2.78. The van der Waals surface area contributed by atoms with Crippen LogP contribution in [0.4, 0.5) is 0 Å². The minimum atomic E-state index is 0.387. The van der Waals surface area contributed by atoms with E-state index < -0.39 is 0 Å². The van der Waals surface area contributed by atoms with Gasteiger partial charge in [-0.15, -0.1) is 11.8 Å². The summed E-state index contributed by atoms with van der Waals surface area (Å²) < 4.78 is 5.72. The van der Waals surface area contributed by atoms with E-state index in [1.165, 1.54) is 41.7 Å². The van der Waals surface area contributed by atoms with E-state index in [1.807, 2.05) is 11.8 Å². The Kier molecular flexibility index (Phi) is 7.54. The van der Waals surface area contributed by atoms with Crippen molar-refractivity contribution in [2.75, 3.05) is 6.61 Å². The summed E-state index contributed by atoms with van der Waals surface area (Å²) >= 11 is 1.88. The van der Waals surface area contributed by atoms with E-state index >= 15 is 0 Å². The van der Waals surface area contributed by atoms with Gasteiger partial charge in [-0.05, 0) is 41.7 Å². The Morgan fingerprint density at radius 3 is 3.00 bits per heavy atom. The fourth-order valence-corrected chi connectivity index (χ4v) is 3.69. The predicted molar refractivity (Wildman–Crippen MR) is 103 cm³/mol. The largest absolute Gasteiger partial charge is 0.494 e. The van der Waals surface area contributed by atoms with Gasteiger partial charge in [0.15, 0.2) is 0 Å². The van der Waals surface area contributed by atoms with Gasteiger partial charge in [-0.25, -0.2) is 0 Å². The van der Waals surface area contributed by atoms with Crippen LogP contribution in [0.15, 0.2) is 70.3 Å². The highest BCUT2D eigenvalue weighted by atomic mass is 32.2. The first-order valence-electron chi connectivity index (χ1n) is 8.58. The number of unbranched alkanes of at least 4 members (excludes halogenated alkanes) is 2. The molecule has 0 saturated heterocycles. The van der Waals surface area contributed by atoms with Crippen molar-refractivity contribution in [3.05, 3.63) is 70.3 Å². The summed E-state index contributed by atoms with van der Waals surface area (Å²) in [5.41, 5.74) is 2.70. The van der Waals surface area contributed by atoms with Gasteiger partial charge in [-0.3, -0.25) is 0 Å². The maximum absolute atomic E-state index is 5.72. The van der Waals surface area contributed by atoms with E-state index in [1.54, 1.807) is 6.08 Å². The van der Waals surface area contributed by atoms with Crippen LogP contribution in [0.5, 0.6) is 0 Å². The molecule has 0 aromatic rings. The topological polar surface area (TPSA) is 9.23 Å². The molecule has 0 aromatic heterocycles. The lowest BCUT2D eigenvalue weighted by Crippen LogP contribution is -2.00. The summed E-state index contributed by atoms with van der Waals surface area (Å²) in [5.74, 6) is 1.41. The molecule has 2 rings (SSSR count). The first-order valence-corrected chi connectivity index (χ1v) is 9.46. The van der Waals surface area contributed by atoms with Crippen LogP contribution in [0.1, 0.15) is 46.0 Å². The zero-order valence-corrected chi connectivity index (χ0v) is 15.2. The van der Waals surface area contributed by atoms with E-state index in [-0.39, 0.29) is 0 Å². The molecular formula is C21H28OS. The Balaban J connectivity index is 2.09. The number of thioether (sulfide) groups is 1. The Labute approximate surface area is 145 Å². The molecule has 2 heteroatoms. The molecule has 1 unspecified atom stereocenters. The van der Waals surface area contributed by atoms with Crippen LogP contribution in [0.25, 0.3) is 0 Å². The Bertz CT molecular complexity index is 560. The molecular weight excluding hydrogens is 300 g/mol. The lowest BCUT2D eigenvalue weighted by atomic mass is 9.95. The van der Waals surface area contributed by atoms with Gasteiger partial charge in [0.2, 0.25) is 0 Å². The molecule has 124 valence electrons. The smallest absolute Gasteiger partial charge is 0.106 e. The molecule has 1 nitrogen and oxygen atoms in total. The van der Waals surface area contributed by atoms with Crippen LogP contribution in [0, 0.1) is 5.92 Å². The molecule has 0 spiro atoms. The van der Waals surface area contributed by atoms with Crippen LogP contribution in [0.3, 0.4) is 0 Å². The van der Waals surface area contributed by atoms with Crippen LogP contribution >= 0.6 is 11.8 Å². The number of hydrogen-bond acceptors (Lipinski definition) is 2. The molecule has 2 aliphatic rings. The molecule has 0 aromatic carbocycles. The molecule has 1 aliphatic heterocycles. The van der Waals surface area contributed by atoms with Crippen molar-refractivity contribution < 1.29 is 4.74 Å². The van der Waals surface area contributed by atoms with E-state index in [2.05, 4.69) is 56.2 Å². The van der Waals surface area contributed by atoms with E-state index in [0.29, 0.717) is 12.5 Å². The third kappa shape index (κ3) is 5.95. The quantitative estimate of drug-likeness (QED) is 0.362. The average Bonchev–Trinajstić information content (AvgIpc) is 2.75. The molecule has 0 radical (unpaired) electrons. The van der Waals surface area contributed by atoms with Crippen molar-refractivity contribution in [1.82, 2.24) is 0 Å². The van der Waals surface area contributed by atoms with Crippen molar-refractivity contribution in [2.45, 2.75) is 46.0 Å². The van der Waals surface area contributed by atoms with Crippen molar-refractivity contribution in [2.24, 2.45) is 5.92 Å². The highest BCUT2D eigenvalue weighted by Crippen LogP contribution is 2.34. The van der Waals surface area contributed by atoms with Crippen LogP contribution in [-0.4, -0.2) is 6.61 Å². The highest BCUT2D eigenvalue weighted by Gasteiger charge is 2.14. The SMILES string of the molecule is C=CCOC1=CC=C(C2C=CSC(CCCCC)=C2)C=C(C)C1. The summed E-state index contributed by atoms with van der Waals surface area (Å²) in [7, 11) is 0. The zero-order valence-electron chi connectivity index (χ0n) is 14.4. The average molecular weight is 329 g/mol. The standard InChI is InChI=1S/C21H28OS/c1-4-6-7-8-21-16-19(11-13-23-21)18-9-10-20(22-12-5-2)15-17(3)14-18/h5,9-11,13-14,16,19H,2,4,6-8,12,15H2,1,3H3. The minimum Gasteiger partial charge on any atom is -0.494 e. The lowest BCUT2D eigenvalue weighted by Gasteiger charge is -2.17. The van der Waals surface area contributed by atoms with Crippen LogP contribution in [0.2, 0.25) is 0 Å². The number of allylic oxidation sites excluding steroid dienone is 8. The van der Waals surface area contributed by atoms with Gasteiger partial charge >= 0.3 is 0 Å². The lowest BCUT2D eigenvalue weighted by molar-refractivity contribution is 0.241. The summed E-state index contributed by atoms with van der Waals surface area (Å²) in [6.45, 7) is 8.72. The summed E-state index contributed by atoms with van der Waals surface area (Å²) in [4.78, 5) is 1.51. The second-order valence-electron chi connectivity index (χ2n) is 6.13. The van der Waals surface area contributed by atoms with Gasteiger partial charge in [0.1, 0.15) is 12.4 Å². The van der Waals surface area contributed by atoms with E-state index in [0.717, 1.165) is 12.2 Å². The maximum atomic E-state index is 5.72. The van der Waals surface area contributed by atoms with Crippen molar-refractivity contribution >= 4 is 11.8 Å². The van der Waals surface area contributed by atoms with Crippen LogP contribution in [-0.2, 0) is 4.74 Å². The van der Waals surface area contributed by atoms with Gasteiger partial charge in [-0.2, -0.15) is 0 Å². The van der Waals surface area contributed by atoms with Gasteiger partial charge in [0.25, 0.3) is 0 Å². The Morgan fingerprint density at radius 2 is 2.22 bits per heavy atom. The molecule has 0 bridgehead atoms. The molecule has 0 amide bonds. The van der Waals surface area contributed by atoms with Crippen molar-refractivity contribution in [1.29, 1.82) is 0 Å².